The molecule has 0 spiro atoms. The predicted molar refractivity (Wildman–Crippen MR) is 88.6 cm³/mol. The molecule has 0 amide bonds. The number of nitrogens with one attached hydrogen (secondary N) is 1. The van der Waals surface area contributed by atoms with Crippen LogP contribution < -0.4 is 5.32 Å². The maximum atomic E-state index is 11.4. The Morgan fingerprint density at radius 1 is 1.52 bits per heavy atom. The molecule has 1 aromatic heterocycles. The monoisotopic (exact) mass is 368 g/mol. The van der Waals surface area contributed by atoms with Crippen LogP contribution in [0.4, 0.5) is 5.13 Å². The van der Waals surface area contributed by atoms with Crippen LogP contribution in [0.15, 0.2) is 34.1 Å². The van der Waals surface area contributed by atoms with E-state index in [0.717, 1.165) is 15.3 Å². The van der Waals surface area contributed by atoms with Gasteiger partial charge in [0.2, 0.25) is 0 Å². The third-order valence-electron chi connectivity index (χ3n) is 2.87. The van der Waals surface area contributed by atoms with Gasteiger partial charge in [0, 0.05) is 9.85 Å². The van der Waals surface area contributed by atoms with E-state index in [-0.39, 0.29) is 18.4 Å². The van der Waals surface area contributed by atoms with Crippen LogP contribution in [0.2, 0.25) is 0 Å². The van der Waals surface area contributed by atoms with Crippen LogP contribution in [0.25, 0.3) is 0 Å². The van der Waals surface area contributed by atoms with Crippen molar-refractivity contribution >= 4 is 38.4 Å². The Morgan fingerprint density at radius 3 is 3.05 bits per heavy atom. The lowest BCUT2D eigenvalue weighted by molar-refractivity contribution is -0.142. The molecule has 0 saturated carbocycles. The lowest BCUT2D eigenvalue weighted by atomic mass is 10.1. The lowest BCUT2D eigenvalue weighted by Crippen LogP contribution is -2.09. The quantitative estimate of drug-likeness (QED) is 0.776. The van der Waals surface area contributed by atoms with E-state index >= 15 is 0 Å². The van der Waals surface area contributed by atoms with Crippen LogP contribution in [0, 0.1) is 0 Å². The molecule has 0 fully saturated rings. The largest absolute Gasteiger partial charge is 0.466 e. The number of halogens is 1. The van der Waals surface area contributed by atoms with Crippen LogP contribution in [0.1, 0.15) is 31.1 Å². The van der Waals surface area contributed by atoms with Crippen LogP contribution in [-0.2, 0) is 16.0 Å². The van der Waals surface area contributed by atoms with Gasteiger partial charge in [-0.1, -0.05) is 28.1 Å². The Morgan fingerprint density at radius 2 is 2.33 bits per heavy atom. The standard InChI is InChI=1S/C15H17BrN2O2S/c1-3-20-14(19)8-13-9-21-15(18-13)17-10(2)11-5-4-6-12(16)7-11/h4-7,9-10H,3,8H2,1-2H3,(H,17,18). The Kier molecular flexibility index (Phi) is 5.76. The molecule has 1 atom stereocenters. The summed E-state index contributed by atoms with van der Waals surface area (Å²) in [6.45, 7) is 4.27. The Bertz CT molecular complexity index is 615. The van der Waals surface area contributed by atoms with E-state index in [1.165, 1.54) is 16.9 Å². The molecule has 1 heterocycles. The maximum absolute atomic E-state index is 11.4. The first kappa shape index (κ1) is 16.0. The van der Waals surface area contributed by atoms with Gasteiger partial charge in [0.25, 0.3) is 0 Å². The van der Waals surface area contributed by atoms with Gasteiger partial charge in [-0.25, -0.2) is 4.98 Å². The fraction of sp³-hybridized carbons (Fsp3) is 0.333. The number of hydrogen-bond donors (Lipinski definition) is 1. The molecule has 0 bridgehead atoms. The van der Waals surface area contributed by atoms with Crippen LogP contribution >= 0.6 is 27.3 Å². The van der Waals surface area contributed by atoms with Gasteiger partial charge in [0.15, 0.2) is 5.13 Å². The highest BCUT2D eigenvalue weighted by atomic mass is 79.9. The molecule has 0 saturated heterocycles. The van der Waals surface area contributed by atoms with Crippen molar-refractivity contribution in [1.82, 2.24) is 4.98 Å². The average Bonchev–Trinajstić information content (AvgIpc) is 2.86. The molecule has 0 aliphatic heterocycles. The van der Waals surface area contributed by atoms with Gasteiger partial charge in [0.05, 0.1) is 24.8 Å². The predicted octanol–water partition coefficient (Wildman–Crippen LogP) is 4.18. The van der Waals surface area contributed by atoms with E-state index in [1.54, 1.807) is 6.92 Å². The van der Waals surface area contributed by atoms with Crippen molar-refractivity contribution in [2.75, 3.05) is 11.9 Å². The summed E-state index contributed by atoms with van der Waals surface area (Å²) >= 11 is 4.96. The molecule has 112 valence electrons. The molecule has 6 heteroatoms. The number of esters is 1. The van der Waals surface area contributed by atoms with E-state index in [1.807, 2.05) is 17.5 Å². The second-order valence-electron chi connectivity index (χ2n) is 4.55. The first-order chi connectivity index (χ1) is 10.1. The number of hydrogen-bond acceptors (Lipinski definition) is 5. The van der Waals surface area contributed by atoms with Crippen molar-refractivity contribution in [3.05, 3.63) is 45.4 Å². The number of anilines is 1. The van der Waals surface area contributed by atoms with E-state index in [2.05, 4.69) is 45.3 Å². The Labute approximate surface area is 136 Å². The molecule has 4 nitrogen and oxygen atoms in total. The van der Waals surface area contributed by atoms with Crippen molar-refractivity contribution in [3.63, 3.8) is 0 Å². The normalized spacial score (nSPS) is 12.0. The first-order valence-corrected chi connectivity index (χ1v) is 8.37. The minimum Gasteiger partial charge on any atom is -0.466 e. The van der Waals surface area contributed by atoms with E-state index in [4.69, 9.17) is 4.74 Å². The molecule has 1 aromatic carbocycles. The molecular weight excluding hydrogens is 352 g/mol. The van der Waals surface area contributed by atoms with Gasteiger partial charge in [-0.05, 0) is 31.5 Å². The van der Waals surface area contributed by atoms with Crippen LogP contribution in [-0.4, -0.2) is 17.6 Å². The zero-order valence-electron chi connectivity index (χ0n) is 11.9. The smallest absolute Gasteiger partial charge is 0.311 e. The summed E-state index contributed by atoms with van der Waals surface area (Å²) in [6.07, 6.45) is 0.220. The van der Waals surface area contributed by atoms with Gasteiger partial charge >= 0.3 is 5.97 Å². The van der Waals surface area contributed by atoms with Gasteiger partial charge in [-0.15, -0.1) is 11.3 Å². The highest BCUT2D eigenvalue weighted by molar-refractivity contribution is 9.10. The molecule has 2 aromatic rings. The second-order valence-corrected chi connectivity index (χ2v) is 6.32. The minimum absolute atomic E-state index is 0.143. The number of carbonyl (C=O) groups excluding carboxylic acids is 1. The third kappa shape index (κ3) is 4.82. The summed E-state index contributed by atoms with van der Waals surface area (Å²) in [7, 11) is 0. The van der Waals surface area contributed by atoms with E-state index < -0.39 is 0 Å². The highest BCUT2D eigenvalue weighted by Gasteiger charge is 2.11. The number of thiazole rings is 1. The van der Waals surface area contributed by atoms with Gasteiger partial charge in [0.1, 0.15) is 0 Å². The van der Waals surface area contributed by atoms with E-state index in [9.17, 15) is 4.79 Å². The topological polar surface area (TPSA) is 51.2 Å². The summed E-state index contributed by atoms with van der Waals surface area (Å²) in [5, 5.41) is 6.03. The van der Waals surface area contributed by atoms with Crippen molar-refractivity contribution in [1.29, 1.82) is 0 Å². The molecular formula is C15H17BrN2O2S. The van der Waals surface area contributed by atoms with Crippen LogP contribution in [0.3, 0.4) is 0 Å². The summed E-state index contributed by atoms with van der Waals surface area (Å²) in [5.41, 5.74) is 1.91. The number of benzene rings is 1. The Hall–Kier alpha value is -1.40. The fourth-order valence-electron chi connectivity index (χ4n) is 1.86. The number of rotatable bonds is 6. The second kappa shape index (κ2) is 7.56. The van der Waals surface area contributed by atoms with E-state index in [0.29, 0.717) is 6.61 Å². The zero-order chi connectivity index (χ0) is 15.2. The number of ether oxygens (including phenoxy) is 1. The summed E-state index contributed by atoms with van der Waals surface area (Å²) in [5.74, 6) is -0.241. The van der Waals surface area contributed by atoms with Gasteiger partial charge < -0.3 is 10.1 Å². The van der Waals surface area contributed by atoms with Crippen molar-refractivity contribution < 1.29 is 9.53 Å². The van der Waals surface area contributed by atoms with Crippen molar-refractivity contribution in [2.45, 2.75) is 26.3 Å². The Balaban J connectivity index is 1.97. The minimum atomic E-state index is -0.241. The third-order valence-corrected chi connectivity index (χ3v) is 4.19. The lowest BCUT2D eigenvalue weighted by Gasteiger charge is -2.13. The van der Waals surface area contributed by atoms with Crippen LogP contribution in [0.5, 0.6) is 0 Å². The SMILES string of the molecule is CCOC(=O)Cc1csc(NC(C)c2cccc(Br)c2)n1. The molecule has 0 radical (unpaired) electrons. The highest BCUT2D eigenvalue weighted by Crippen LogP contribution is 2.24. The molecule has 0 aliphatic carbocycles. The molecule has 1 N–H and O–H groups in total. The molecule has 0 aliphatic rings. The average molecular weight is 369 g/mol. The van der Waals surface area contributed by atoms with Crippen molar-refractivity contribution in [2.24, 2.45) is 0 Å². The number of nitrogens with zero attached hydrogens (tertiary/aromatic N) is 1. The number of carbonyl (C=O) groups is 1. The first-order valence-electron chi connectivity index (χ1n) is 6.70. The summed E-state index contributed by atoms with van der Waals surface area (Å²) in [6, 6.07) is 8.28. The fourth-order valence-corrected chi connectivity index (χ4v) is 3.07. The zero-order valence-corrected chi connectivity index (χ0v) is 14.3. The van der Waals surface area contributed by atoms with Gasteiger partial charge in [-0.2, -0.15) is 0 Å². The summed E-state index contributed by atoms with van der Waals surface area (Å²) < 4.78 is 5.97. The molecule has 21 heavy (non-hydrogen) atoms. The van der Waals surface area contributed by atoms with Gasteiger partial charge in [-0.3, -0.25) is 4.79 Å². The summed E-state index contributed by atoms with van der Waals surface area (Å²) in [4.78, 5) is 15.8. The van der Waals surface area contributed by atoms with Crippen molar-refractivity contribution in [3.8, 4) is 0 Å². The maximum Gasteiger partial charge on any atom is 0.311 e. The number of aromatic nitrogens is 1. The molecule has 1 unspecified atom stereocenters. The molecule has 2 rings (SSSR count).